The maximum Gasteiger partial charge on any atom is 0.307 e. The number of benzene rings is 1. The van der Waals surface area contributed by atoms with Crippen LogP contribution in [0.1, 0.15) is 11.1 Å². The number of carboxylic acid groups (broad SMARTS) is 1. The minimum Gasteiger partial charge on any atom is -0.481 e. The van der Waals surface area contributed by atoms with Crippen LogP contribution in [0.15, 0.2) is 16.6 Å². The van der Waals surface area contributed by atoms with Gasteiger partial charge in [0, 0.05) is 10.0 Å². The Kier molecular flexibility index (Phi) is 3.03. The topological polar surface area (TPSA) is 37.3 Å². The van der Waals surface area contributed by atoms with Gasteiger partial charge in [-0.2, -0.15) is 0 Å². The fraction of sp³-hybridized carbons (Fsp3) is 0.222. The van der Waals surface area contributed by atoms with Crippen molar-refractivity contribution in [2.24, 2.45) is 0 Å². The number of halogens is 2. The Labute approximate surface area is 83.5 Å². The number of rotatable bonds is 2. The van der Waals surface area contributed by atoms with E-state index < -0.39 is 11.8 Å². The highest BCUT2D eigenvalue weighted by Gasteiger charge is 2.10. The van der Waals surface area contributed by atoms with Crippen molar-refractivity contribution in [2.45, 2.75) is 13.3 Å². The predicted octanol–water partition coefficient (Wildman–Crippen LogP) is 2.52. The first-order valence-corrected chi connectivity index (χ1v) is 4.46. The summed E-state index contributed by atoms with van der Waals surface area (Å²) in [6, 6.07) is 2.96. The van der Waals surface area contributed by atoms with Crippen molar-refractivity contribution >= 4 is 21.9 Å². The summed E-state index contributed by atoms with van der Waals surface area (Å²) in [5.41, 5.74) is 0.893. The van der Waals surface area contributed by atoms with Crippen molar-refractivity contribution in [3.63, 3.8) is 0 Å². The second-order valence-electron chi connectivity index (χ2n) is 2.75. The molecule has 2 nitrogen and oxygen atoms in total. The summed E-state index contributed by atoms with van der Waals surface area (Å²) in [6.07, 6.45) is -0.273. The van der Waals surface area contributed by atoms with Gasteiger partial charge in [0.15, 0.2) is 0 Å². The van der Waals surface area contributed by atoms with E-state index in [9.17, 15) is 9.18 Å². The number of hydrogen-bond acceptors (Lipinski definition) is 1. The molecule has 4 heteroatoms. The molecule has 0 aliphatic heterocycles. The second kappa shape index (κ2) is 3.87. The van der Waals surface area contributed by atoms with E-state index in [0.29, 0.717) is 10.0 Å². The molecule has 0 radical (unpaired) electrons. The third-order valence-electron chi connectivity index (χ3n) is 1.71. The summed E-state index contributed by atoms with van der Waals surface area (Å²) in [5, 5.41) is 8.51. The monoisotopic (exact) mass is 246 g/mol. The van der Waals surface area contributed by atoms with Crippen LogP contribution < -0.4 is 0 Å². The number of hydrogen-bond donors (Lipinski definition) is 1. The molecule has 70 valence electrons. The fourth-order valence-electron chi connectivity index (χ4n) is 1.11. The first-order chi connectivity index (χ1) is 6.00. The largest absolute Gasteiger partial charge is 0.481 e. The SMILES string of the molecule is Cc1cc(Br)cc(F)c1CC(=O)O. The molecule has 0 saturated carbocycles. The van der Waals surface area contributed by atoms with Gasteiger partial charge in [-0.1, -0.05) is 15.9 Å². The molecule has 13 heavy (non-hydrogen) atoms. The summed E-state index contributed by atoms with van der Waals surface area (Å²) in [5.74, 6) is -1.50. The van der Waals surface area contributed by atoms with Crippen LogP contribution in [0.5, 0.6) is 0 Å². The van der Waals surface area contributed by atoms with E-state index >= 15 is 0 Å². The van der Waals surface area contributed by atoms with Gasteiger partial charge in [-0.3, -0.25) is 4.79 Å². The highest BCUT2D eigenvalue weighted by atomic mass is 79.9. The maximum absolute atomic E-state index is 13.2. The molecule has 0 amide bonds. The normalized spacial score (nSPS) is 10.1. The average Bonchev–Trinajstić information content (AvgIpc) is 1.96. The fourth-order valence-corrected chi connectivity index (χ4v) is 1.65. The number of aryl methyl sites for hydroxylation is 1. The van der Waals surface area contributed by atoms with E-state index in [-0.39, 0.29) is 12.0 Å². The number of aliphatic carboxylic acids is 1. The molecule has 0 aliphatic rings. The Balaban J connectivity index is 3.13. The zero-order chi connectivity index (χ0) is 10.0. The molecule has 0 saturated heterocycles. The van der Waals surface area contributed by atoms with E-state index in [1.165, 1.54) is 6.07 Å². The Hall–Kier alpha value is -0.900. The summed E-state index contributed by atoms with van der Waals surface area (Å²) in [6.45, 7) is 1.69. The zero-order valence-electron chi connectivity index (χ0n) is 6.97. The molecular formula is C9H8BrFO2. The standard InChI is InChI=1S/C9H8BrFO2/c1-5-2-6(10)3-8(11)7(5)4-9(12)13/h2-3H,4H2,1H3,(H,12,13). The van der Waals surface area contributed by atoms with Crippen LogP contribution in [0.4, 0.5) is 4.39 Å². The lowest BCUT2D eigenvalue weighted by molar-refractivity contribution is -0.136. The van der Waals surface area contributed by atoms with Crippen molar-refractivity contribution in [1.29, 1.82) is 0 Å². The van der Waals surface area contributed by atoms with Gasteiger partial charge >= 0.3 is 5.97 Å². The predicted molar refractivity (Wildman–Crippen MR) is 50.2 cm³/mol. The van der Waals surface area contributed by atoms with E-state index in [2.05, 4.69) is 15.9 Å². The molecule has 0 heterocycles. The molecule has 0 spiro atoms. The first-order valence-electron chi connectivity index (χ1n) is 3.67. The molecule has 0 unspecified atom stereocenters. The third-order valence-corrected chi connectivity index (χ3v) is 2.17. The van der Waals surface area contributed by atoms with Gasteiger partial charge in [0.05, 0.1) is 6.42 Å². The molecule has 0 fully saturated rings. The van der Waals surface area contributed by atoms with Gasteiger partial charge in [0.2, 0.25) is 0 Å². The number of carboxylic acids is 1. The van der Waals surface area contributed by atoms with Crippen LogP contribution in [0.3, 0.4) is 0 Å². The zero-order valence-corrected chi connectivity index (χ0v) is 8.56. The van der Waals surface area contributed by atoms with E-state index in [0.717, 1.165) is 0 Å². The average molecular weight is 247 g/mol. The minimum atomic E-state index is -1.02. The van der Waals surface area contributed by atoms with Crippen LogP contribution in [0, 0.1) is 12.7 Å². The molecule has 0 bridgehead atoms. The summed E-state index contributed by atoms with van der Waals surface area (Å²) >= 11 is 3.13. The van der Waals surface area contributed by atoms with Crippen molar-refractivity contribution in [2.75, 3.05) is 0 Å². The van der Waals surface area contributed by atoms with E-state index in [1.54, 1.807) is 13.0 Å². The molecule has 0 atom stereocenters. The molecule has 1 aromatic carbocycles. The first kappa shape index (κ1) is 10.2. The lowest BCUT2D eigenvalue weighted by Gasteiger charge is -2.04. The Morgan fingerprint density at radius 2 is 2.23 bits per heavy atom. The van der Waals surface area contributed by atoms with Crippen molar-refractivity contribution < 1.29 is 14.3 Å². The molecule has 1 rings (SSSR count). The van der Waals surface area contributed by atoms with Crippen LogP contribution in [0.25, 0.3) is 0 Å². The van der Waals surface area contributed by atoms with Gasteiger partial charge in [-0.05, 0) is 24.6 Å². The van der Waals surface area contributed by atoms with Gasteiger partial charge in [0.1, 0.15) is 5.82 Å². The molecule has 1 aromatic rings. The van der Waals surface area contributed by atoms with Crippen LogP contribution in [0.2, 0.25) is 0 Å². The Morgan fingerprint density at radius 3 is 2.69 bits per heavy atom. The molecule has 0 aromatic heterocycles. The quantitative estimate of drug-likeness (QED) is 0.871. The smallest absolute Gasteiger partial charge is 0.307 e. The number of carbonyl (C=O) groups is 1. The van der Waals surface area contributed by atoms with Crippen molar-refractivity contribution in [3.05, 3.63) is 33.5 Å². The van der Waals surface area contributed by atoms with Gasteiger partial charge in [-0.15, -0.1) is 0 Å². The van der Waals surface area contributed by atoms with E-state index in [4.69, 9.17) is 5.11 Å². The van der Waals surface area contributed by atoms with Gasteiger partial charge in [-0.25, -0.2) is 4.39 Å². The molecular weight excluding hydrogens is 239 g/mol. The van der Waals surface area contributed by atoms with Gasteiger partial charge in [0.25, 0.3) is 0 Å². The highest BCUT2D eigenvalue weighted by Crippen LogP contribution is 2.20. The van der Waals surface area contributed by atoms with Gasteiger partial charge < -0.3 is 5.11 Å². The third kappa shape index (κ3) is 2.52. The molecule has 0 aliphatic carbocycles. The van der Waals surface area contributed by atoms with E-state index in [1.807, 2.05) is 0 Å². The highest BCUT2D eigenvalue weighted by molar-refractivity contribution is 9.10. The lowest BCUT2D eigenvalue weighted by Crippen LogP contribution is -2.04. The summed E-state index contributed by atoms with van der Waals surface area (Å²) in [7, 11) is 0. The summed E-state index contributed by atoms with van der Waals surface area (Å²) in [4.78, 5) is 10.4. The Bertz CT molecular complexity index is 326. The maximum atomic E-state index is 13.2. The van der Waals surface area contributed by atoms with Crippen molar-refractivity contribution in [1.82, 2.24) is 0 Å². The second-order valence-corrected chi connectivity index (χ2v) is 3.67. The van der Waals surface area contributed by atoms with Crippen LogP contribution in [-0.2, 0) is 11.2 Å². The minimum absolute atomic E-state index is 0.246. The Morgan fingerprint density at radius 1 is 1.62 bits per heavy atom. The van der Waals surface area contributed by atoms with Crippen LogP contribution in [-0.4, -0.2) is 11.1 Å². The molecule has 1 N–H and O–H groups in total. The van der Waals surface area contributed by atoms with Crippen molar-refractivity contribution in [3.8, 4) is 0 Å². The summed E-state index contributed by atoms with van der Waals surface area (Å²) < 4.78 is 13.8. The van der Waals surface area contributed by atoms with Crippen LogP contribution >= 0.6 is 15.9 Å². The lowest BCUT2D eigenvalue weighted by atomic mass is 10.1.